The van der Waals surface area contributed by atoms with Crippen molar-refractivity contribution in [1.82, 2.24) is 9.21 Å². The summed E-state index contributed by atoms with van der Waals surface area (Å²) in [6, 6.07) is 11.3. The van der Waals surface area contributed by atoms with Crippen molar-refractivity contribution in [3.05, 3.63) is 58.7 Å². The number of rotatable bonds is 6. The minimum atomic E-state index is -3.56. The molecule has 1 N–H and O–H groups in total. The van der Waals surface area contributed by atoms with Crippen molar-refractivity contribution < 1.29 is 18.3 Å². The fraction of sp³-hybridized carbons (Fsp3) is 0.536. The summed E-state index contributed by atoms with van der Waals surface area (Å²) in [6.07, 6.45) is 5.30. The largest absolute Gasteiger partial charge is 0.508 e. The minimum absolute atomic E-state index is 0.0878. The molecule has 2 saturated heterocycles. The highest BCUT2D eigenvalue weighted by molar-refractivity contribution is 7.89. The molecule has 0 unspecified atom stereocenters. The van der Waals surface area contributed by atoms with Gasteiger partial charge in [0.1, 0.15) is 5.75 Å². The Hall–Kier alpha value is -2.38. The second-order valence-corrected chi connectivity index (χ2v) is 12.3. The average molecular weight is 499 g/mol. The van der Waals surface area contributed by atoms with E-state index in [0.29, 0.717) is 42.5 Å². The zero-order valence-corrected chi connectivity index (χ0v) is 22.0. The summed E-state index contributed by atoms with van der Waals surface area (Å²) >= 11 is 0. The molecular weight excluding hydrogens is 460 g/mol. The molecule has 7 heteroatoms. The van der Waals surface area contributed by atoms with Gasteiger partial charge < -0.3 is 10.0 Å². The highest BCUT2D eigenvalue weighted by Crippen LogP contribution is 2.31. The topological polar surface area (TPSA) is 77.9 Å². The van der Waals surface area contributed by atoms with Gasteiger partial charge in [0, 0.05) is 32.1 Å². The average Bonchev–Trinajstić information content (AvgIpc) is 2.83. The van der Waals surface area contributed by atoms with E-state index in [4.69, 9.17) is 0 Å². The van der Waals surface area contributed by atoms with Gasteiger partial charge in [-0.25, -0.2) is 8.42 Å². The molecule has 2 aromatic carbocycles. The molecule has 0 spiro atoms. The van der Waals surface area contributed by atoms with Crippen LogP contribution in [-0.4, -0.2) is 54.8 Å². The van der Waals surface area contributed by atoms with Crippen LogP contribution >= 0.6 is 0 Å². The standard InChI is InChI=1S/C28H38N2O4S/c1-20-18-21(2)27(22(3)19-20)35(33,34)30-16-12-25(13-17-30)28(32)29-14-10-24(11-15-29)5-4-23-6-8-26(31)9-7-23/h6-9,18-19,24-25,31H,4-5,10-17H2,1-3H3. The summed E-state index contributed by atoms with van der Waals surface area (Å²) in [7, 11) is -3.56. The number of amides is 1. The van der Waals surface area contributed by atoms with Gasteiger partial charge in [0.05, 0.1) is 4.90 Å². The Morgan fingerprint density at radius 1 is 0.914 bits per heavy atom. The fourth-order valence-electron chi connectivity index (χ4n) is 5.78. The predicted octanol–water partition coefficient (Wildman–Crippen LogP) is 4.59. The third kappa shape index (κ3) is 5.89. The molecule has 6 nitrogen and oxygen atoms in total. The van der Waals surface area contributed by atoms with Crippen LogP contribution in [0, 0.1) is 32.6 Å². The molecule has 0 aromatic heterocycles. The van der Waals surface area contributed by atoms with Crippen molar-refractivity contribution in [1.29, 1.82) is 0 Å². The van der Waals surface area contributed by atoms with Crippen LogP contribution in [0.25, 0.3) is 0 Å². The van der Waals surface area contributed by atoms with Crippen LogP contribution in [-0.2, 0) is 21.2 Å². The maximum Gasteiger partial charge on any atom is 0.243 e. The van der Waals surface area contributed by atoms with Crippen LogP contribution in [0.3, 0.4) is 0 Å². The Morgan fingerprint density at radius 3 is 2.06 bits per heavy atom. The van der Waals surface area contributed by atoms with E-state index in [0.717, 1.165) is 55.5 Å². The first-order valence-corrected chi connectivity index (χ1v) is 14.2. The third-order valence-corrected chi connectivity index (χ3v) is 9.91. The molecule has 1 amide bonds. The van der Waals surface area contributed by atoms with Gasteiger partial charge in [0.2, 0.25) is 15.9 Å². The Labute approximate surface area is 210 Å². The van der Waals surface area contributed by atoms with Gasteiger partial charge in [-0.15, -0.1) is 0 Å². The predicted molar refractivity (Wildman–Crippen MR) is 138 cm³/mol. The zero-order valence-electron chi connectivity index (χ0n) is 21.2. The van der Waals surface area contributed by atoms with Gasteiger partial charge in [-0.2, -0.15) is 4.31 Å². The Balaban J connectivity index is 1.27. The molecule has 2 aromatic rings. The normalized spacial score (nSPS) is 18.7. The van der Waals surface area contributed by atoms with Crippen molar-refractivity contribution in [2.45, 2.75) is 64.2 Å². The third-order valence-electron chi connectivity index (χ3n) is 7.71. The number of sulfonamides is 1. The van der Waals surface area contributed by atoms with Crippen molar-refractivity contribution in [2.75, 3.05) is 26.2 Å². The number of aryl methyl sites for hydroxylation is 4. The maximum atomic E-state index is 13.4. The fourth-order valence-corrected chi connectivity index (χ4v) is 7.66. The number of carbonyl (C=O) groups is 1. The van der Waals surface area contributed by atoms with E-state index < -0.39 is 10.0 Å². The van der Waals surface area contributed by atoms with Crippen molar-refractivity contribution in [3.8, 4) is 5.75 Å². The Bertz CT molecular complexity index is 1120. The van der Waals surface area contributed by atoms with E-state index in [-0.39, 0.29) is 11.8 Å². The van der Waals surface area contributed by atoms with Gasteiger partial charge in [-0.05, 0) is 94.0 Å². The number of carbonyl (C=O) groups excluding carboxylic acids is 1. The highest BCUT2D eigenvalue weighted by Gasteiger charge is 2.35. The maximum absolute atomic E-state index is 13.4. The van der Waals surface area contributed by atoms with Crippen LogP contribution < -0.4 is 0 Å². The van der Waals surface area contributed by atoms with Gasteiger partial charge >= 0.3 is 0 Å². The molecule has 2 aliphatic rings. The van der Waals surface area contributed by atoms with E-state index in [1.807, 2.05) is 49.9 Å². The first-order chi connectivity index (χ1) is 16.6. The van der Waals surface area contributed by atoms with Crippen LogP contribution in [0.15, 0.2) is 41.3 Å². The number of aromatic hydroxyl groups is 1. The second kappa shape index (κ2) is 10.7. The number of hydrogen-bond acceptors (Lipinski definition) is 4. The molecular formula is C28H38N2O4S. The van der Waals surface area contributed by atoms with Gasteiger partial charge in [-0.3, -0.25) is 4.79 Å². The number of likely N-dealkylation sites (tertiary alicyclic amines) is 1. The monoisotopic (exact) mass is 498 g/mol. The molecule has 2 aliphatic heterocycles. The van der Waals surface area contributed by atoms with E-state index in [9.17, 15) is 18.3 Å². The number of phenols is 1. The molecule has 0 radical (unpaired) electrons. The molecule has 0 bridgehead atoms. The number of piperidine rings is 2. The quantitative estimate of drug-likeness (QED) is 0.632. The molecule has 0 aliphatic carbocycles. The van der Waals surface area contributed by atoms with Crippen LogP contribution in [0.4, 0.5) is 0 Å². The van der Waals surface area contributed by atoms with E-state index >= 15 is 0 Å². The zero-order chi connectivity index (χ0) is 25.2. The number of phenolic OH excluding ortho intramolecular Hbond substituents is 1. The first-order valence-electron chi connectivity index (χ1n) is 12.8. The lowest BCUT2D eigenvalue weighted by Gasteiger charge is -2.37. The van der Waals surface area contributed by atoms with Crippen molar-refractivity contribution >= 4 is 15.9 Å². The molecule has 35 heavy (non-hydrogen) atoms. The van der Waals surface area contributed by atoms with Crippen molar-refractivity contribution in [2.24, 2.45) is 11.8 Å². The summed E-state index contributed by atoms with van der Waals surface area (Å²) in [4.78, 5) is 15.6. The summed E-state index contributed by atoms with van der Waals surface area (Å²) in [5.41, 5.74) is 3.87. The lowest BCUT2D eigenvalue weighted by Crippen LogP contribution is -2.46. The molecule has 2 fully saturated rings. The highest BCUT2D eigenvalue weighted by atomic mass is 32.2. The van der Waals surface area contributed by atoms with Crippen molar-refractivity contribution in [3.63, 3.8) is 0 Å². The lowest BCUT2D eigenvalue weighted by molar-refractivity contribution is -0.138. The second-order valence-electron chi connectivity index (χ2n) is 10.4. The Morgan fingerprint density at radius 2 is 1.49 bits per heavy atom. The number of benzene rings is 2. The van der Waals surface area contributed by atoms with Gasteiger partial charge in [0.25, 0.3) is 0 Å². The van der Waals surface area contributed by atoms with Gasteiger partial charge in [-0.1, -0.05) is 29.8 Å². The smallest absolute Gasteiger partial charge is 0.243 e. The van der Waals surface area contributed by atoms with Crippen LogP contribution in [0.2, 0.25) is 0 Å². The molecule has 190 valence electrons. The summed E-state index contributed by atoms with van der Waals surface area (Å²) in [5, 5.41) is 9.43. The number of hydrogen-bond donors (Lipinski definition) is 1. The Kier molecular flexibility index (Phi) is 7.86. The summed E-state index contributed by atoms with van der Waals surface area (Å²) in [6.45, 7) is 8.07. The molecule has 2 heterocycles. The molecule has 0 atom stereocenters. The number of nitrogens with zero attached hydrogens (tertiary/aromatic N) is 2. The summed E-state index contributed by atoms with van der Waals surface area (Å²) in [5.74, 6) is 1.02. The molecule has 4 rings (SSSR count). The lowest BCUT2D eigenvalue weighted by atomic mass is 9.89. The van der Waals surface area contributed by atoms with E-state index in [2.05, 4.69) is 0 Å². The van der Waals surface area contributed by atoms with Gasteiger partial charge in [0.15, 0.2) is 0 Å². The van der Waals surface area contributed by atoms with E-state index in [1.165, 1.54) is 5.56 Å². The van der Waals surface area contributed by atoms with Crippen LogP contribution in [0.5, 0.6) is 5.75 Å². The van der Waals surface area contributed by atoms with E-state index in [1.54, 1.807) is 16.4 Å². The SMILES string of the molecule is Cc1cc(C)c(S(=O)(=O)N2CCC(C(=O)N3CCC(CCc4ccc(O)cc4)CC3)CC2)c(C)c1. The minimum Gasteiger partial charge on any atom is -0.508 e. The molecule has 0 saturated carbocycles. The summed E-state index contributed by atoms with van der Waals surface area (Å²) < 4.78 is 28.3. The first kappa shape index (κ1) is 25.7. The van der Waals surface area contributed by atoms with Crippen LogP contribution in [0.1, 0.15) is 54.4 Å².